The van der Waals surface area contributed by atoms with E-state index < -0.39 is 10.0 Å². The van der Waals surface area contributed by atoms with Crippen LogP contribution in [-0.4, -0.2) is 44.3 Å². The third-order valence-corrected chi connectivity index (χ3v) is 6.19. The summed E-state index contributed by atoms with van der Waals surface area (Å²) in [4.78, 5) is 11.7. The Bertz CT molecular complexity index is 638. The van der Waals surface area contributed by atoms with Crippen molar-refractivity contribution in [2.24, 2.45) is 0 Å². The summed E-state index contributed by atoms with van der Waals surface area (Å²) in [5.41, 5.74) is 0.615. The van der Waals surface area contributed by atoms with Crippen LogP contribution in [0, 0.1) is 0 Å². The minimum Gasteiger partial charge on any atom is -0.326 e. The van der Waals surface area contributed by atoms with Crippen molar-refractivity contribution in [2.45, 2.75) is 50.5 Å². The Morgan fingerprint density at radius 3 is 2.38 bits per heavy atom. The van der Waals surface area contributed by atoms with E-state index in [4.69, 9.17) is 0 Å². The lowest BCUT2D eigenvalue weighted by atomic mass is 10.1. The van der Waals surface area contributed by atoms with Crippen LogP contribution >= 0.6 is 0 Å². The lowest BCUT2D eigenvalue weighted by Crippen LogP contribution is -2.46. The molecule has 6 nitrogen and oxygen atoms in total. The maximum atomic E-state index is 13.0. The number of carbonyl (C=O) groups is 1. The van der Waals surface area contributed by atoms with Crippen molar-refractivity contribution < 1.29 is 13.2 Å². The van der Waals surface area contributed by atoms with E-state index in [2.05, 4.69) is 10.6 Å². The quantitative estimate of drug-likeness (QED) is 0.788. The number of sulfonamides is 1. The number of nitrogens with one attached hydrogen (secondary N) is 2. The molecule has 1 aromatic rings. The number of hydrogen-bond acceptors (Lipinski definition) is 4. The van der Waals surface area contributed by atoms with Gasteiger partial charge in [0.2, 0.25) is 15.9 Å². The van der Waals surface area contributed by atoms with E-state index in [0.717, 1.165) is 32.4 Å². The van der Waals surface area contributed by atoms with E-state index >= 15 is 0 Å². The van der Waals surface area contributed by atoms with Gasteiger partial charge in [-0.25, -0.2) is 8.42 Å². The van der Waals surface area contributed by atoms with Crippen LogP contribution in [0.4, 0.5) is 5.69 Å². The second-order valence-corrected chi connectivity index (χ2v) is 7.91. The zero-order chi connectivity index (χ0) is 17.6. The molecule has 1 fully saturated rings. The Morgan fingerprint density at radius 2 is 1.83 bits per heavy atom. The Hall–Kier alpha value is -1.44. The molecule has 0 radical (unpaired) electrons. The minimum atomic E-state index is -3.52. The Morgan fingerprint density at radius 1 is 1.21 bits per heavy atom. The third-order valence-electron chi connectivity index (χ3n) is 4.23. The molecule has 1 aliphatic heterocycles. The largest absolute Gasteiger partial charge is 0.326 e. The topological polar surface area (TPSA) is 78.5 Å². The maximum absolute atomic E-state index is 13.0. The fraction of sp³-hybridized carbons (Fsp3) is 0.588. The van der Waals surface area contributed by atoms with E-state index in [-0.39, 0.29) is 16.8 Å². The van der Waals surface area contributed by atoms with E-state index in [1.807, 2.05) is 6.92 Å². The molecule has 0 spiro atoms. The molecule has 1 aliphatic rings. The van der Waals surface area contributed by atoms with Crippen LogP contribution in [0.15, 0.2) is 29.2 Å². The smallest absolute Gasteiger partial charge is 0.243 e. The number of nitrogens with zero attached hydrogens (tertiary/aromatic N) is 1. The SMILES string of the molecule is CCCN(C1CCNCC1)S(=O)(=O)c1ccc(NC(=O)CC)cc1. The van der Waals surface area contributed by atoms with Crippen LogP contribution < -0.4 is 10.6 Å². The first kappa shape index (κ1) is 18.9. The summed E-state index contributed by atoms with van der Waals surface area (Å²) in [5.74, 6) is -0.0899. The number of anilines is 1. The second kappa shape index (κ2) is 8.60. The predicted molar refractivity (Wildman–Crippen MR) is 95.4 cm³/mol. The molecule has 0 aromatic heterocycles. The summed E-state index contributed by atoms with van der Waals surface area (Å²) < 4.78 is 27.7. The lowest BCUT2D eigenvalue weighted by Gasteiger charge is -2.33. The molecular weight excluding hydrogens is 326 g/mol. The van der Waals surface area contributed by atoms with Gasteiger partial charge in [0.25, 0.3) is 0 Å². The van der Waals surface area contributed by atoms with Crippen LogP contribution in [0.1, 0.15) is 39.5 Å². The number of carbonyl (C=O) groups excluding carboxylic acids is 1. The first-order chi connectivity index (χ1) is 11.5. The van der Waals surface area contributed by atoms with Gasteiger partial charge in [-0.1, -0.05) is 13.8 Å². The Balaban J connectivity index is 2.20. The number of benzene rings is 1. The first-order valence-corrected chi connectivity index (χ1v) is 10.1. The molecule has 0 unspecified atom stereocenters. The maximum Gasteiger partial charge on any atom is 0.243 e. The van der Waals surface area contributed by atoms with Gasteiger partial charge in [-0.15, -0.1) is 0 Å². The van der Waals surface area contributed by atoms with Crippen molar-refractivity contribution in [1.82, 2.24) is 9.62 Å². The normalized spacial score (nSPS) is 16.3. The monoisotopic (exact) mass is 353 g/mol. The molecule has 134 valence electrons. The van der Waals surface area contributed by atoms with Crippen molar-refractivity contribution in [1.29, 1.82) is 0 Å². The van der Waals surface area contributed by atoms with Gasteiger partial charge in [0, 0.05) is 24.7 Å². The summed E-state index contributed by atoms with van der Waals surface area (Å²) in [7, 11) is -3.52. The molecule has 1 amide bonds. The molecule has 0 aliphatic carbocycles. The summed E-state index contributed by atoms with van der Waals surface area (Å²) in [6, 6.07) is 6.49. The summed E-state index contributed by atoms with van der Waals surface area (Å²) >= 11 is 0. The van der Waals surface area contributed by atoms with Gasteiger partial charge in [-0.2, -0.15) is 4.31 Å². The first-order valence-electron chi connectivity index (χ1n) is 8.61. The van der Waals surface area contributed by atoms with Crippen molar-refractivity contribution >= 4 is 21.6 Å². The number of hydrogen-bond donors (Lipinski definition) is 2. The van der Waals surface area contributed by atoms with Gasteiger partial charge >= 0.3 is 0 Å². The highest BCUT2D eigenvalue weighted by atomic mass is 32.2. The van der Waals surface area contributed by atoms with Gasteiger partial charge in [0.1, 0.15) is 0 Å². The van der Waals surface area contributed by atoms with Crippen LogP contribution in [0.2, 0.25) is 0 Å². The number of amides is 1. The second-order valence-electron chi connectivity index (χ2n) is 6.02. The van der Waals surface area contributed by atoms with Crippen molar-refractivity contribution in [2.75, 3.05) is 25.0 Å². The fourth-order valence-electron chi connectivity index (χ4n) is 2.91. The van der Waals surface area contributed by atoms with Crippen LogP contribution in [0.25, 0.3) is 0 Å². The molecule has 1 heterocycles. The lowest BCUT2D eigenvalue weighted by molar-refractivity contribution is -0.115. The molecular formula is C17H27N3O3S. The molecule has 2 rings (SSSR count). The van der Waals surface area contributed by atoms with Gasteiger partial charge in [-0.05, 0) is 56.6 Å². The highest BCUT2D eigenvalue weighted by Crippen LogP contribution is 2.24. The Kier molecular flexibility index (Phi) is 6.77. The average molecular weight is 353 g/mol. The zero-order valence-electron chi connectivity index (χ0n) is 14.4. The third kappa shape index (κ3) is 4.55. The van der Waals surface area contributed by atoms with Crippen LogP contribution in [-0.2, 0) is 14.8 Å². The van der Waals surface area contributed by atoms with Crippen molar-refractivity contribution in [3.8, 4) is 0 Å². The molecule has 7 heteroatoms. The summed E-state index contributed by atoms with van der Waals surface area (Å²) in [6.07, 6.45) is 2.85. The predicted octanol–water partition coefficient (Wildman–Crippen LogP) is 2.19. The van der Waals surface area contributed by atoms with Gasteiger partial charge < -0.3 is 10.6 Å². The number of piperidine rings is 1. The molecule has 0 saturated carbocycles. The van der Waals surface area contributed by atoms with E-state index in [1.54, 1.807) is 35.5 Å². The van der Waals surface area contributed by atoms with Gasteiger partial charge in [-0.3, -0.25) is 4.79 Å². The molecule has 2 N–H and O–H groups in total. The zero-order valence-corrected chi connectivity index (χ0v) is 15.2. The summed E-state index contributed by atoms with van der Waals surface area (Å²) in [5, 5.41) is 6.00. The van der Waals surface area contributed by atoms with Crippen LogP contribution in [0.5, 0.6) is 0 Å². The Labute approximate surface area is 144 Å². The van der Waals surface area contributed by atoms with Crippen molar-refractivity contribution in [3.63, 3.8) is 0 Å². The van der Waals surface area contributed by atoms with Crippen molar-refractivity contribution in [3.05, 3.63) is 24.3 Å². The highest BCUT2D eigenvalue weighted by Gasteiger charge is 2.31. The molecule has 0 bridgehead atoms. The minimum absolute atomic E-state index is 0.0515. The van der Waals surface area contributed by atoms with Gasteiger partial charge in [0.15, 0.2) is 0 Å². The van der Waals surface area contributed by atoms with E-state index in [9.17, 15) is 13.2 Å². The van der Waals surface area contributed by atoms with E-state index in [0.29, 0.717) is 18.7 Å². The summed E-state index contributed by atoms with van der Waals surface area (Å²) in [6.45, 7) is 5.99. The van der Waals surface area contributed by atoms with Gasteiger partial charge in [0.05, 0.1) is 4.90 Å². The van der Waals surface area contributed by atoms with Crippen LogP contribution in [0.3, 0.4) is 0 Å². The average Bonchev–Trinajstić information content (AvgIpc) is 2.60. The highest BCUT2D eigenvalue weighted by molar-refractivity contribution is 7.89. The molecule has 24 heavy (non-hydrogen) atoms. The number of rotatable bonds is 7. The fourth-order valence-corrected chi connectivity index (χ4v) is 4.69. The standard InChI is InChI=1S/C17H27N3O3S/c1-3-13-20(15-9-11-18-12-10-15)24(22,23)16-7-5-14(6-8-16)19-17(21)4-2/h5-8,15,18H,3-4,9-13H2,1-2H3,(H,19,21). The molecule has 0 atom stereocenters. The molecule has 1 aromatic carbocycles. The van der Waals surface area contributed by atoms with E-state index in [1.165, 1.54) is 0 Å². The molecule has 1 saturated heterocycles.